The van der Waals surface area contributed by atoms with Gasteiger partial charge in [-0.05, 0) is 34.1 Å². The number of methoxy groups -OCH3 is 1. The summed E-state index contributed by atoms with van der Waals surface area (Å²) in [5.41, 5.74) is 8.16. The molecule has 0 unspecified atom stereocenters. The number of carbonyl (C=O) groups is 1. The van der Waals surface area contributed by atoms with Crippen LogP contribution >= 0.6 is 0 Å². The third-order valence-electron chi connectivity index (χ3n) is 2.43. The molecule has 10 nitrogen and oxygen atoms in total. The van der Waals surface area contributed by atoms with Crippen LogP contribution < -0.4 is 20.6 Å². The molecule has 22 heavy (non-hydrogen) atoms. The Hall–Kier alpha value is -3.30. The van der Waals surface area contributed by atoms with Gasteiger partial charge in [-0.3, -0.25) is 4.79 Å². The number of hydrazone groups is 1. The van der Waals surface area contributed by atoms with E-state index in [0.29, 0.717) is 11.3 Å². The first-order chi connectivity index (χ1) is 10.6. The summed E-state index contributed by atoms with van der Waals surface area (Å²) in [6.45, 7) is -0.358. The molecule has 0 radical (unpaired) electrons. The maximum absolute atomic E-state index is 11.5. The molecule has 0 aliphatic rings. The van der Waals surface area contributed by atoms with E-state index in [1.54, 1.807) is 12.1 Å². The highest BCUT2D eigenvalue weighted by Gasteiger charge is 2.09. The highest BCUT2D eigenvalue weighted by Crippen LogP contribution is 2.25. The van der Waals surface area contributed by atoms with Crippen molar-refractivity contribution in [2.75, 3.05) is 19.5 Å². The number of nitrogens with zero attached hydrogens (tertiary/aromatic N) is 3. The molecule has 4 N–H and O–H groups in total. The first kappa shape index (κ1) is 15.1. The number of nitrogens with one attached hydrogen (secondary N) is 1. The summed E-state index contributed by atoms with van der Waals surface area (Å²) in [5, 5.41) is 19.9. The number of phenolic OH excluding ortho intramolecular Hbond substituents is 1. The van der Waals surface area contributed by atoms with Crippen LogP contribution in [0.2, 0.25) is 0 Å². The highest BCUT2D eigenvalue weighted by molar-refractivity contribution is 5.83. The largest absolute Gasteiger partial charge is 0.504 e. The summed E-state index contributed by atoms with van der Waals surface area (Å²) in [4.78, 5) is 11.5. The van der Waals surface area contributed by atoms with Gasteiger partial charge in [0.2, 0.25) is 5.82 Å². The van der Waals surface area contributed by atoms with Crippen molar-refractivity contribution in [2.45, 2.75) is 0 Å². The maximum atomic E-state index is 11.5. The van der Waals surface area contributed by atoms with E-state index in [2.05, 4.69) is 25.5 Å². The van der Waals surface area contributed by atoms with Gasteiger partial charge in [0.1, 0.15) is 0 Å². The molecule has 1 heterocycles. The van der Waals surface area contributed by atoms with E-state index in [4.69, 9.17) is 15.2 Å². The minimum atomic E-state index is -0.531. The number of hydrogen-bond donors (Lipinski definition) is 3. The molecule has 0 fully saturated rings. The molecule has 0 spiro atoms. The second-order valence-electron chi connectivity index (χ2n) is 3.97. The molecule has 1 aromatic heterocycles. The number of ether oxygens (including phenoxy) is 2. The Labute approximate surface area is 124 Å². The number of rotatable bonds is 6. The first-order valence-electron chi connectivity index (χ1n) is 6.00. The molecule has 1 aromatic carbocycles. The summed E-state index contributed by atoms with van der Waals surface area (Å²) >= 11 is 0. The summed E-state index contributed by atoms with van der Waals surface area (Å²) in [7, 11) is 1.44. The van der Waals surface area contributed by atoms with Gasteiger partial charge in [0.25, 0.3) is 5.91 Å². The van der Waals surface area contributed by atoms with E-state index in [-0.39, 0.29) is 24.1 Å². The van der Waals surface area contributed by atoms with Crippen LogP contribution in [0.4, 0.5) is 5.82 Å². The fraction of sp³-hybridized carbons (Fsp3) is 0.167. The molecule has 0 atom stereocenters. The Kier molecular flexibility index (Phi) is 4.75. The lowest BCUT2D eigenvalue weighted by Gasteiger charge is -2.03. The third-order valence-corrected chi connectivity index (χ3v) is 2.43. The van der Waals surface area contributed by atoms with Gasteiger partial charge in [0.15, 0.2) is 18.1 Å². The van der Waals surface area contributed by atoms with E-state index in [0.717, 1.165) is 0 Å². The molecule has 2 rings (SSSR count). The monoisotopic (exact) mass is 307 g/mol. The van der Waals surface area contributed by atoms with Crippen LogP contribution in [0.5, 0.6) is 17.4 Å². The van der Waals surface area contributed by atoms with Crippen LogP contribution in [0.25, 0.3) is 0 Å². The minimum Gasteiger partial charge on any atom is -0.504 e. The molecule has 2 aromatic rings. The zero-order chi connectivity index (χ0) is 15.9. The number of hydrogen-bond acceptors (Lipinski definition) is 9. The van der Waals surface area contributed by atoms with Gasteiger partial charge in [0, 0.05) is 0 Å². The number of benzene rings is 1. The number of aromatic hydroxyl groups is 1. The van der Waals surface area contributed by atoms with Gasteiger partial charge in [0.05, 0.1) is 13.3 Å². The Bertz CT molecular complexity index is 684. The van der Waals surface area contributed by atoms with E-state index in [1.807, 2.05) is 0 Å². The van der Waals surface area contributed by atoms with Crippen molar-refractivity contribution < 1.29 is 24.0 Å². The van der Waals surface area contributed by atoms with Crippen LogP contribution in [-0.4, -0.2) is 41.3 Å². The van der Waals surface area contributed by atoms with Gasteiger partial charge in [-0.25, -0.2) is 10.1 Å². The zero-order valence-electron chi connectivity index (χ0n) is 11.5. The predicted molar refractivity (Wildman–Crippen MR) is 74.6 cm³/mol. The van der Waals surface area contributed by atoms with Crippen LogP contribution in [-0.2, 0) is 4.79 Å². The third kappa shape index (κ3) is 3.85. The van der Waals surface area contributed by atoms with Gasteiger partial charge >= 0.3 is 5.88 Å². The Morgan fingerprint density at radius 1 is 1.55 bits per heavy atom. The van der Waals surface area contributed by atoms with Crippen LogP contribution in [0, 0.1) is 0 Å². The lowest BCUT2D eigenvalue weighted by molar-refractivity contribution is -0.123. The number of carbonyl (C=O) groups excluding carboxylic acids is 1. The fourth-order valence-corrected chi connectivity index (χ4v) is 1.42. The standard InChI is InChI=1S/C12H13N5O5/c1-20-9-3-2-7(4-8(9)18)5-14-15-10(19)6-21-12-11(13)16-22-17-12/h2-5,18H,6H2,1H3,(H2,13,16)(H,15,19). The van der Waals surface area contributed by atoms with Gasteiger partial charge in [-0.2, -0.15) is 5.10 Å². The molecule has 0 bridgehead atoms. The lowest BCUT2D eigenvalue weighted by Crippen LogP contribution is -2.24. The fourth-order valence-electron chi connectivity index (χ4n) is 1.42. The number of nitrogens with two attached hydrogens (primary N) is 1. The number of phenols is 1. The van der Waals surface area contributed by atoms with Gasteiger partial charge in [-0.15, -0.1) is 0 Å². The average molecular weight is 307 g/mol. The second kappa shape index (κ2) is 6.92. The van der Waals surface area contributed by atoms with Crippen molar-refractivity contribution in [1.29, 1.82) is 0 Å². The minimum absolute atomic E-state index is 0.0323. The highest BCUT2D eigenvalue weighted by atomic mass is 16.6. The van der Waals surface area contributed by atoms with Crippen molar-refractivity contribution in [3.8, 4) is 17.4 Å². The van der Waals surface area contributed by atoms with Crippen molar-refractivity contribution >= 4 is 17.9 Å². The molecule has 0 saturated carbocycles. The van der Waals surface area contributed by atoms with Crippen molar-refractivity contribution in [3.63, 3.8) is 0 Å². The van der Waals surface area contributed by atoms with Crippen LogP contribution in [0.15, 0.2) is 27.9 Å². The summed E-state index contributed by atoms with van der Waals surface area (Å²) in [6.07, 6.45) is 1.35. The van der Waals surface area contributed by atoms with Gasteiger partial charge in [-0.1, -0.05) is 0 Å². The van der Waals surface area contributed by atoms with Crippen LogP contribution in [0.1, 0.15) is 5.56 Å². The summed E-state index contributed by atoms with van der Waals surface area (Å²) in [6, 6.07) is 4.67. The predicted octanol–water partition coefficient (Wildman–Crippen LogP) is -0.105. The molecule has 0 aliphatic heterocycles. The molecule has 0 saturated heterocycles. The number of aromatic nitrogens is 2. The average Bonchev–Trinajstić information content (AvgIpc) is 2.91. The molecule has 116 valence electrons. The number of amides is 1. The van der Waals surface area contributed by atoms with E-state index in [1.165, 1.54) is 19.4 Å². The maximum Gasteiger partial charge on any atom is 0.300 e. The summed E-state index contributed by atoms with van der Waals surface area (Å²) in [5.74, 6) is -0.343. The molecule has 1 amide bonds. The van der Waals surface area contributed by atoms with E-state index >= 15 is 0 Å². The molecular formula is C12H13N5O5. The van der Waals surface area contributed by atoms with Gasteiger partial charge < -0.3 is 20.3 Å². The Balaban J connectivity index is 1.83. The molecule has 10 heteroatoms. The SMILES string of the molecule is COc1ccc(C=NNC(=O)COc2nonc2N)cc1O. The molecular weight excluding hydrogens is 294 g/mol. The Morgan fingerprint density at radius 3 is 3.00 bits per heavy atom. The summed E-state index contributed by atoms with van der Waals surface area (Å²) < 4.78 is 14.2. The quantitative estimate of drug-likeness (QED) is 0.495. The van der Waals surface area contributed by atoms with Crippen molar-refractivity contribution in [1.82, 2.24) is 15.7 Å². The van der Waals surface area contributed by atoms with Crippen molar-refractivity contribution in [2.24, 2.45) is 5.10 Å². The lowest BCUT2D eigenvalue weighted by atomic mass is 10.2. The topological polar surface area (TPSA) is 145 Å². The number of anilines is 1. The van der Waals surface area contributed by atoms with E-state index < -0.39 is 5.91 Å². The van der Waals surface area contributed by atoms with Crippen LogP contribution in [0.3, 0.4) is 0 Å². The van der Waals surface area contributed by atoms with Crippen molar-refractivity contribution in [3.05, 3.63) is 23.8 Å². The normalized spacial score (nSPS) is 10.6. The van der Waals surface area contributed by atoms with E-state index in [9.17, 15) is 9.90 Å². The first-order valence-corrected chi connectivity index (χ1v) is 6.00. The zero-order valence-corrected chi connectivity index (χ0v) is 11.5. The smallest absolute Gasteiger partial charge is 0.300 e. The molecule has 0 aliphatic carbocycles. The Morgan fingerprint density at radius 2 is 2.36 bits per heavy atom. The second-order valence-corrected chi connectivity index (χ2v) is 3.97. The number of nitrogen functional groups attached to an aromatic ring is 1.